The van der Waals surface area contributed by atoms with Crippen LogP contribution in [0.3, 0.4) is 0 Å². The van der Waals surface area contributed by atoms with Gasteiger partial charge < -0.3 is 0 Å². The lowest BCUT2D eigenvalue weighted by Crippen LogP contribution is -2.10. The van der Waals surface area contributed by atoms with E-state index in [0.29, 0.717) is 4.47 Å². The van der Waals surface area contributed by atoms with Crippen molar-refractivity contribution in [3.05, 3.63) is 28.7 Å². The molecular weight excluding hydrogens is 280 g/mol. The highest BCUT2D eigenvalue weighted by Gasteiger charge is 2.17. The van der Waals surface area contributed by atoms with E-state index in [1.54, 1.807) is 18.2 Å². The number of ketones is 1. The first-order valence-electron chi connectivity index (χ1n) is 4.40. The number of Topliss-reactive ketones (excluding diaryl/α,β-unsaturated/α-hetero) is 1. The molecule has 0 unspecified atom stereocenters. The SMILES string of the molecule is CC(=O)CCS(=O)(=O)c1ccccc1Br. The standard InChI is InChI=1S/C10H11BrO3S/c1-8(12)6-7-15(13,14)10-5-3-2-4-9(10)11/h2-5H,6-7H2,1H3. The highest BCUT2D eigenvalue weighted by molar-refractivity contribution is 9.10. The quantitative estimate of drug-likeness (QED) is 0.854. The second kappa shape index (κ2) is 4.90. The molecule has 3 nitrogen and oxygen atoms in total. The number of carbonyl (C=O) groups excluding carboxylic acids is 1. The van der Waals surface area contributed by atoms with Gasteiger partial charge in [-0.15, -0.1) is 0 Å². The maximum Gasteiger partial charge on any atom is 0.179 e. The molecule has 0 spiro atoms. The van der Waals surface area contributed by atoms with E-state index >= 15 is 0 Å². The molecule has 0 radical (unpaired) electrons. The second-order valence-electron chi connectivity index (χ2n) is 3.20. The van der Waals surface area contributed by atoms with E-state index in [4.69, 9.17) is 0 Å². The number of rotatable bonds is 4. The van der Waals surface area contributed by atoms with Crippen LogP contribution < -0.4 is 0 Å². The number of benzene rings is 1. The lowest BCUT2D eigenvalue weighted by Gasteiger charge is -2.04. The summed E-state index contributed by atoms with van der Waals surface area (Å²) >= 11 is 3.18. The van der Waals surface area contributed by atoms with Gasteiger partial charge in [0.1, 0.15) is 5.78 Å². The van der Waals surface area contributed by atoms with Gasteiger partial charge in [-0.2, -0.15) is 0 Å². The van der Waals surface area contributed by atoms with Crippen molar-refractivity contribution in [2.24, 2.45) is 0 Å². The molecule has 1 aromatic rings. The van der Waals surface area contributed by atoms with Crippen molar-refractivity contribution in [1.82, 2.24) is 0 Å². The van der Waals surface area contributed by atoms with Gasteiger partial charge in [0.2, 0.25) is 0 Å². The van der Waals surface area contributed by atoms with Crippen LogP contribution >= 0.6 is 15.9 Å². The van der Waals surface area contributed by atoms with Crippen LogP contribution in [0.5, 0.6) is 0 Å². The van der Waals surface area contributed by atoms with Crippen molar-refractivity contribution in [1.29, 1.82) is 0 Å². The summed E-state index contributed by atoms with van der Waals surface area (Å²) in [5.41, 5.74) is 0. The van der Waals surface area contributed by atoms with Gasteiger partial charge in [-0.05, 0) is 35.0 Å². The molecule has 0 N–H and O–H groups in total. The molecule has 15 heavy (non-hydrogen) atoms. The summed E-state index contributed by atoms with van der Waals surface area (Å²) in [6.07, 6.45) is 0.0592. The Hall–Kier alpha value is -0.680. The summed E-state index contributed by atoms with van der Waals surface area (Å²) in [5.74, 6) is -0.254. The topological polar surface area (TPSA) is 51.2 Å². The fourth-order valence-electron chi connectivity index (χ4n) is 1.09. The minimum atomic E-state index is -3.35. The zero-order valence-corrected chi connectivity index (χ0v) is 10.6. The smallest absolute Gasteiger partial charge is 0.179 e. The zero-order valence-electron chi connectivity index (χ0n) is 8.23. The molecule has 82 valence electrons. The van der Waals surface area contributed by atoms with Gasteiger partial charge in [-0.3, -0.25) is 4.79 Å². The Morgan fingerprint density at radius 2 is 1.93 bits per heavy atom. The molecule has 0 saturated heterocycles. The van der Waals surface area contributed by atoms with Crippen LogP contribution in [0.15, 0.2) is 33.6 Å². The molecule has 1 rings (SSSR count). The van der Waals surface area contributed by atoms with Crippen LogP contribution in [0.4, 0.5) is 0 Å². The van der Waals surface area contributed by atoms with E-state index in [9.17, 15) is 13.2 Å². The first-order chi connectivity index (χ1) is 6.93. The molecule has 0 heterocycles. The van der Waals surface area contributed by atoms with Gasteiger partial charge in [0.05, 0.1) is 10.6 Å². The van der Waals surface area contributed by atoms with E-state index in [0.717, 1.165) is 0 Å². The maximum absolute atomic E-state index is 11.8. The van der Waals surface area contributed by atoms with Gasteiger partial charge in [-0.25, -0.2) is 8.42 Å². The molecule has 0 aromatic heterocycles. The molecule has 0 atom stereocenters. The van der Waals surface area contributed by atoms with Gasteiger partial charge >= 0.3 is 0 Å². The number of hydrogen-bond acceptors (Lipinski definition) is 3. The Labute approximate surface area is 97.5 Å². The molecule has 0 aliphatic heterocycles. The highest BCUT2D eigenvalue weighted by atomic mass is 79.9. The molecule has 0 bridgehead atoms. The Morgan fingerprint density at radius 3 is 2.47 bits per heavy atom. The molecule has 0 aliphatic carbocycles. The van der Waals surface area contributed by atoms with Gasteiger partial charge in [0.15, 0.2) is 9.84 Å². The Kier molecular flexibility index (Phi) is 4.04. The third kappa shape index (κ3) is 3.43. The van der Waals surface area contributed by atoms with Crippen LogP contribution in [-0.4, -0.2) is 20.0 Å². The van der Waals surface area contributed by atoms with Crippen molar-refractivity contribution in [2.45, 2.75) is 18.2 Å². The van der Waals surface area contributed by atoms with Crippen molar-refractivity contribution in [2.75, 3.05) is 5.75 Å². The number of halogens is 1. The largest absolute Gasteiger partial charge is 0.300 e. The normalized spacial score (nSPS) is 11.3. The molecule has 0 amide bonds. The van der Waals surface area contributed by atoms with Crippen LogP contribution in [0.25, 0.3) is 0 Å². The number of hydrogen-bond donors (Lipinski definition) is 0. The first-order valence-corrected chi connectivity index (χ1v) is 6.85. The second-order valence-corrected chi connectivity index (χ2v) is 6.13. The number of carbonyl (C=O) groups is 1. The monoisotopic (exact) mass is 290 g/mol. The molecular formula is C10H11BrO3S. The van der Waals surface area contributed by atoms with E-state index < -0.39 is 9.84 Å². The number of sulfone groups is 1. The summed E-state index contributed by atoms with van der Waals surface area (Å²) in [5, 5.41) is 0. The predicted octanol–water partition coefficient (Wildman–Crippen LogP) is 2.20. The Balaban J connectivity index is 2.97. The molecule has 5 heteroatoms. The summed E-state index contributed by atoms with van der Waals surface area (Å²) in [4.78, 5) is 11.0. The first kappa shape index (κ1) is 12.4. The predicted molar refractivity (Wildman–Crippen MR) is 61.5 cm³/mol. The van der Waals surface area contributed by atoms with Crippen LogP contribution in [0.1, 0.15) is 13.3 Å². The minimum absolute atomic E-state index is 0.0592. The van der Waals surface area contributed by atoms with Crippen LogP contribution in [0, 0.1) is 0 Å². The summed E-state index contributed by atoms with van der Waals surface area (Å²) in [6, 6.07) is 6.60. The fraction of sp³-hybridized carbons (Fsp3) is 0.300. The van der Waals surface area contributed by atoms with Crippen molar-refractivity contribution in [3.8, 4) is 0 Å². The molecule has 1 aromatic carbocycles. The Morgan fingerprint density at radius 1 is 1.33 bits per heavy atom. The lowest BCUT2D eigenvalue weighted by atomic mass is 10.4. The van der Waals surface area contributed by atoms with E-state index in [-0.39, 0.29) is 22.9 Å². The summed E-state index contributed by atoms with van der Waals surface area (Å²) in [7, 11) is -3.35. The molecule has 0 saturated carbocycles. The van der Waals surface area contributed by atoms with Gasteiger partial charge in [0.25, 0.3) is 0 Å². The van der Waals surface area contributed by atoms with Gasteiger partial charge in [-0.1, -0.05) is 12.1 Å². The van der Waals surface area contributed by atoms with E-state index in [1.807, 2.05) is 0 Å². The average Bonchev–Trinajstić information content (AvgIpc) is 2.15. The molecule has 0 fully saturated rings. The third-order valence-electron chi connectivity index (χ3n) is 1.89. The molecule has 0 aliphatic rings. The van der Waals surface area contributed by atoms with Crippen molar-refractivity contribution >= 4 is 31.6 Å². The minimum Gasteiger partial charge on any atom is -0.300 e. The zero-order chi connectivity index (χ0) is 11.5. The lowest BCUT2D eigenvalue weighted by molar-refractivity contribution is -0.116. The van der Waals surface area contributed by atoms with Gasteiger partial charge in [0, 0.05) is 10.9 Å². The van der Waals surface area contributed by atoms with E-state index in [2.05, 4.69) is 15.9 Å². The average molecular weight is 291 g/mol. The highest BCUT2D eigenvalue weighted by Crippen LogP contribution is 2.22. The van der Waals surface area contributed by atoms with E-state index in [1.165, 1.54) is 13.0 Å². The van der Waals surface area contributed by atoms with Crippen LogP contribution in [0.2, 0.25) is 0 Å². The third-order valence-corrected chi connectivity index (χ3v) is 4.62. The Bertz CT molecular complexity index is 465. The summed E-state index contributed by atoms with van der Waals surface area (Å²) in [6.45, 7) is 1.38. The van der Waals surface area contributed by atoms with Crippen molar-refractivity contribution in [3.63, 3.8) is 0 Å². The maximum atomic E-state index is 11.8. The summed E-state index contributed by atoms with van der Waals surface area (Å²) < 4.78 is 24.1. The van der Waals surface area contributed by atoms with Crippen molar-refractivity contribution < 1.29 is 13.2 Å². The fourth-order valence-corrected chi connectivity index (χ4v) is 3.54. The van der Waals surface area contributed by atoms with Crippen LogP contribution in [-0.2, 0) is 14.6 Å².